The van der Waals surface area contributed by atoms with Crippen LogP contribution < -0.4 is 10.0 Å². The minimum Gasteiger partial charge on any atom is -0.367 e. The maximum Gasteiger partial charge on any atom is 0.411 e. The summed E-state index contributed by atoms with van der Waals surface area (Å²) in [5.74, 6) is -0.394. The van der Waals surface area contributed by atoms with Crippen LogP contribution in [-0.2, 0) is 27.9 Å². The van der Waals surface area contributed by atoms with Gasteiger partial charge >= 0.3 is 6.18 Å². The van der Waals surface area contributed by atoms with E-state index in [-0.39, 0.29) is 24.4 Å². The zero-order valence-electron chi connectivity index (χ0n) is 14.9. The van der Waals surface area contributed by atoms with Crippen molar-refractivity contribution in [2.75, 3.05) is 17.6 Å². The molecule has 0 unspecified atom stereocenters. The van der Waals surface area contributed by atoms with E-state index in [1.54, 1.807) is 36.4 Å². The maximum absolute atomic E-state index is 12.2. The van der Waals surface area contributed by atoms with Crippen molar-refractivity contribution in [1.82, 2.24) is 5.32 Å². The fraction of sp³-hybridized carbons (Fsp3) is 0.278. The molecule has 0 aromatic heterocycles. The second-order valence-corrected chi connectivity index (χ2v) is 7.81. The van der Waals surface area contributed by atoms with Gasteiger partial charge in [-0.25, -0.2) is 8.42 Å². The van der Waals surface area contributed by atoms with Gasteiger partial charge in [0, 0.05) is 17.8 Å². The third-order valence-electron chi connectivity index (χ3n) is 3.44. The first-order chi connectivity index (χ1) is 13.0. The van der Waals surface area contributed by atoms with Crippen LogP contribution in [0.5, 0.6) is 0 Å². The van der Waals surface area contributed by atoms with E-state index in [9.17, 15) is 26.4 Å². The van der Waals surface area contributed by atoms with Gasteiger partial charge in [-0.05, 0) is 29.3 Å². The molecule has 1 amide bonds. The van der Waals surface area contributed by atoms with Crippen LogP contribution in [0.1, 0.15) is 21.5 Å². The van der Waals surface area contributed by atoms with Gasteiger partial charge in [0.2, 0.25) is 10.0 Å². The molecule has 0 spiro atoms. The third kappa shape index (κ3) is 7.97. The molecule has 0 saturated heterocycles. The first-order valence-corrected chi connectivity index (χ1v) is 9.99. The second kappa shape index (κ2) is 9.07. The van der Waals surface area contributed by atoms with Gasteiger partial charge in [-0.2, -0.15) is 13.2 Å². The standard InChI is InChI=1S/C18H19F3N2O4S/c1-28(25,26)23-16-4-2-3-15(9-16)17(24)22-10-13-5-7-14(8-6-13)11-27-12-18(19,20)21/h2-9,23H,10-12H2,1H3,(H,22,24). The zero-order chi connectivity index (χ0) is 20.8. The Morgan fingerprint density at radius 3 is 2.32 bits per heavy atom. The molecule has 2 N–H and O–H groups in total. The van der Waals surface area contributed by atoms with Crippen LogP contribution in [0.25, 0.3) is 0 Å². The van der Waals surface area contributed by atoms with Crippen molar-refractivity contribution in [2.45, 2.75) is 19.3 Å². The molecule has 28 heavy (non-hydrogen) atoms. The van der Waals surface area contributed by atoms with Gasteiger partial charge in [-0.1, -0.05) is 30.3 Å². The van der Waals surface area contributed by atoms with Crippen LogP contribution in [0, 0.1) is 0 Å². The van der Waals surface area contributed by atoms with Crippen LogP contribution in [0.3, 0.4) is 0 Å². The van der Waals surface area contributed by atoms with Crippen LogP contribution >= 0.6 is 0 Å². The molecular weight excluding hydrogens is 397 g/mol. The lowest BCUT2D eigenvalue weighted by Crippen LogP contribution is -2.23. The fourth-order valence-electron chi connectivity index (χ4n) is 2.26. The monoisotopic (exact) mass is 416 g/mol. The number of sulfonamides is 1. The summed E-state index contributed by atoms with van der Waals surface area (Å²) in [5, 5.41) is 2.69. The second-order valence-electron chi connectivity index (χ2n) is 6.06. The van der Waals surface area contributed by atoms with Gasteiger partial charge in [0.15, 0.2) is 0 Å². The number of ether oxygens (including phenoxy) is 1. The smallest absolute Gasteiger partial charge is 0.367 e. The Morgan fingerprint density at radius 1 is 1.07 bits per heavy atom. The molecule has 0 fully saturated rings. The average molecular weight is 416 g/mol. The molecule has 6 nitrogen and oxygen atoms in total. The first-order valence-electron chi connectivity index (χ1n) is 8.10. The molecule has 0 aliphatic heterocycles. The SMILES string of the molecule is CS(=O)(=O)Nc1cccc(C(=O)NCc2ccc(COCC(F)(F)F)cc2)c1. The summed E-state index contributed by atoms with van der Waals surface area (Å²) in [4.78, 5) is 12.2. The van der Waals surface area contributed by atoms with E-state index in [1.165, 1.54) is 12.1 Å². The predicted octanol–water partition coefficient (Wildman–Crippen LogP) is 3.07. The Bertz CT molecular complexity index is 913. The number of hydrogen-bond donors (Lipinski definition) is 2. The highest BCUT2D eigenvalue weighted by Gasteiger charge is 2.27. The number of carbonyl (C=O) groups is 1. The van der Waals surface area contributed by atoms with E-state index < -0.39 is 28.7 Å². The summed E-state index contributed by atoms with van der Waals surface area (Å²) < 4.78 is 65.5. The molecule has 0 bridgehead atoms. The summed E-state index contributed by atoms with van der Waals surface area (Å²) in [5.41, 5.74) is 1.89. The van der Waals surface area contributed by atoms with Crippen molar-refractivity contribution in [3.63, 3.8) is 0 Å². The molecule has 0 aliphatic rings. The van der Waals surface area contributed by atoms with Gasteiger partial charge in [0.25, 0.3) is 5.91 Å². The molecule has 2 aromatic carbocycles. The summed E-state index contributed by atoms with van der Waals surface area (Å²) in [6.45, 7) is -1.27. The average Bonchev–Trinajstić information content (AvgIpc) is 2.58. The minimum absolute atomic E-state index is 0.160. The number of benzene rings is 2. The van der Waals surface area contributed by atoms with Gasteiger partial charge in [-0.3, -0.25) is 9.52 Å². The molecule has 2 rings (SSSR count). The number of alkyl halides is 3. The Hall–Kier alpha value is -2.59. The fourth-order valence-corrected chi connectivity index (χ4v) is 2.82. The van der Waals surface area contributed by atoms with E-state index in [1.807, 2.05) is 0 Å². The normalized spacial score (nSPS) is 11.9. The van der Waals surface area contributed by atoms with E-state index in [4.69, 9.17) is 0 Å². The molecule has 0 heterocycles. The van der Waals surface area contributed by atoms with Crippen molar-refractivity contribution in [1.29, 1.82) is 0 Å². The topological polar surface area (TPSA) is 84.5 Å². The number of carbonyl (C=O) groups excluding carboxylic acids is 1. The lowest BCUT2D eigenvalue weighted by atomic mass is 10.1. The Labute approximate surface area is 160 Å². The Morgan fingerprint density at radius 2 is 1.71 bits per heavy atom. The summed E-state index contributed by atoms with van der Waals surface area (Å²) in [6, 6.07) is 12.6. The zero-order valence-corrected chi connectivity index (χ0v) is 15.7. The maximum atomic E-state index is 12.2. The van der Waals surface area contributed by atoms with E-state index in [2.05, 4.69) is 14.8 Å². The highest BCUT2D eigenvalue weighted by molar-refractivity contribution is 7.92. The molecule has 0 atom stereocenters. The van der Waals surface area contributed by atoms with Gasteiger partial charge in [-0.15, -0.1) is 0 Å². The highest BCUT2D eigenvalue weighted by Crippen LogP contribution is 2.16. The number of rotatable bonds is 8. The van der Waals surface area contributed by atoms with Crippen LogP contribution in [0.4, 0.5) is 18.9 Å². The van der Waals surface area contributed by atoms with Gasteiger partial charge in [0.05, 0.1) is 12.9 Å². The number of halogens is 3. The van der Waals surface area contributed by atoms with E-state index >= 15 is 0 Å². The van der Waals surface area contributed by atoms with Crippen molar-refractivity contribution in [3.05, 3.63) is 65.2 Å². The molecule has 152 valence electrons. The molecule has 10 heteroatoms. The van der Waals surface area contributed by atoms with Crippen molar-refractivity contribution < 1.29 is 31.1 Å². The molecule has 0 aliphatic carbocycles. The summed E-state index contributed by atoms with van der Waals surface area (Å²) in [6.07, 6.45) is -3.35. The molecular formula is C18H19F3N2O4S. The van der Waals surface area contributed by atoms with Crippen LogP contribution in [0.2, 0.25) is 0 Å². The lowest BCUT2D eigenvalue weighted by molar-refractivity contribution is -0.176. The molecule has 2 aromatic rings. The third-order valence-corrected chi connectivity index (χ3v) is 4.04. The predicted molar refractivity (Wildman–Crippen MR) is 98.2 cm³/mol. The van der Waals surface area contributed by atoms with Gasteiger partial charge < -0.3 is 10.1 Å². The number of amides is 1. The lowest BCUT2D eigenvalue weighted by Gasteiger charge is -2.09. The van der Waals surface area contributed by atoms with Crippen LogP contribution in [-0.4, -0.2) is 33.4 Å². The summed E-state index contributed by atoms with van der Waals surface area (Å²) in [7, 11) is -3.45. The molecule has 0 radical (unpaired) electrons. The highest BCUT2D eigenvalue weighted by atomic mass is 32.2. The van der Waals surface area contributed by atoms with E-state index in [0.717, 1.165) is 11.8 Å². The number of hydrogen-bond acceptors (Lipinski definition) is 4. The Kier molecular flexibility index (Phi) is 7.03. The van der Waals surface area contributed by atoms with Crippen LogP contribution in [0.15, 0.2) is 48.5 Å². The van der Waals surface area contributed by atoms with Gasteiger partial charge in [0.1, 0.15) is 6.61 Å². The van der Waals surface area contributed by atoms with E-state index in [0.29, 0.717) is 5.56 Å². The number of nitrogens with one attached hydrogen (secondary N) is 2. The Balaban J connectivity index is 1.88. The quantitative estimate of drug-likeness (QED) is 0.693. The largest absolute Gasteiger partial charge is 0.411 e. The van der Waals surface area contributed by atoms with Crippen molar-refractivity contribution in [2.24, 2.45) is 0 Å². The minimum atomic E-state index is -4.36. The van der Waals surface area contributed by atoms with Crippen molar-refractivity contribution in [3.8, 4) is 0 Å². The molecule has 0 saturated carbocycles. The number of anilines is 1. The summed E-state index contributed by atoms with van der Waals surface area (Å²) >= 11 is 0. The van der Waals surface area contributed by atoms with Crippen molar-refractivity contribution >= 4 is 21.6 Å². The first kappa shape index (κ1) is 21.7.